The highest BCUT2D eigenvalue weighted by molar-refractivity contribution is 5.84. The zero-order valence-corrected chi connectivity index (χ0v) is 15.9. The second kappa shape index (κ2) is 8.40. The lowest BCUT2D eigenvalue weighted by Crippen LogP contribution is -2.55. The number of nitrogens with zero attached hydrogens (tertiary/aromatic N) is 2. The van der Waals surface area contributed by atoms with E-state index in [1.54, 1.807) is 6.20 Å². The number of nitrogens with one attached hydrogen (secondary N) is 2. The van der Waals surface area contributed by atoms with Crippen LogP contribution in [0.1, 0.15) is 29.9 Å². The molecule has 0 atom stereocenters. The number of carbonyl (C=O) groups excluding carboxylic acids is 1. The molecule has 0 bridgehead atoms. The van der Waals surface area contributed by atoms with Crippen LogP contribution >= 0.6 is 0 Å². The van der Waals surface area contributed by atoms with Gasteiger partial charge in [-0.25, -0.2) is 0 Å². The normalized spacial score (nSPS) is 16.0. The summed E-state index contributed by atoms with van der Waals surface area (Å²) in [5.74, 6) is 0.164. The summed E-state index contributed by atoms with van der Waals surface area (Å²) in [6.45, 7) is 2.19. The number of piperidine rings is 1. The fourth-order valence-electron chi connectivity index (χ4n) is 4.08. The second-order valence-electron chi connectivity index (χ2n) is 7.32. The molecule has 1 aliphatic heterocycles. The van der Waals surface area contributed by atoms with Crippen LogP contribution in [0.25, 0.3) is 0 Å². The standard InChI is InChI=1S/C23H26N4O/c28-22(23(12-15-24-16-13-23)27-17-7-14-26-27)25-18-21(19-8-3-1-4-9-19)20-10-5-2-6-11-20/h1-11,14,17,21,24H,12-13,15-16,18H2,(H,25,28). The zero-order valence-electron chi connectivity index (χ0n) is 15.9. The molecule has 1 aliphatic rings. The van der Waals surface area contributed by atoms with Crippen molar-refractivity contribution in [2.24, 2.45) is 0 Å². The van der Waals surface area contributed by atoms with Crippen LogP contribution in [0.5, 0.6) is 0 Å². The number of carbonyl (C=O) groups is 1. The summed E-state index contributed by atoms with van der Waals surface area (Å²) in [5.41, 5.74) is 1.78. The Morgan fingerprint density at radius 3 is 2.14 bits per heavy atom. The molecule has 2 N–H and O–H groups in total. The molecule has 5 heteroatoms. The van der Waals surface area contributed by atoms with Crippen molar-refractivity contribution in [3.05, 3.63) is 90.3 Å². The molecule has 0 saturated carbocycles. The average molecular weight is 374 g/mol. The van der Waals surface area contributed by atoms with Gasteiger partial charge in [-0.05, 0) is 43.1 Å². The first-order chi connectivity index (χ1) is 13.8. The smallest absolute Gasteiger partial charge is 0.248 e. The molecule has 1 saturated heterocycles. The van der Waals surface area contributed by atoms with Gasteiger partial charge in [0.1, 0.15) is 5.54 Å². The van der Waals surface area contributed by atoms with Gasteiger partial charge >= 0.3 is 0 Å². The molecule has 0 aliphatic carbocycles. The molecule has 0 unspecified atom stereocenters. The first-order valence-electron chi connectivity index (χ1n) is 9.89. The van der Waals surface area contributed by atoms with Crippen molar-refractivity contribution in [2.75, 3.05) is 19.6 Å². The number of hydrogen-bond donors (Lipinski definition) is 2. The van der Waals surface area contributed by atoms with Crippen LogP contribution in [0.15, 0.2) is 79.1 Å². The van der Waals surface area contributed by atoms with Gasteiger partial charge in [-0.1, -0.05) is 60.7 Å². The number of hydrogen-bond acceptors (Lipinski definition) is 3. The third-order valence-corrected chi connectivity index (χ3v) is 5.67. The van der Waals surface area contributed by atoms with Crippen molar-refractivity contribution < 1.29 is 4.79 Å². The van der Waals surface area contributed by atoms with Crippen molar-refractivity contribution in [3.8, 4) is 0 Å². The van der Waals surface area contributed by atoms with Crippen molar-refractivity contribution in [3.63, 3.8) is 0 Å². The van der Waals surface area contributed by atoms with E-state index in [0.717, 1.165) is 25.9 Å². The van der Waals surface area contributed by atoms with E-state index in [4.69, 9.17) is 0 Å². The molecule has 5 nitrogen and oxygen atoms in total. The van der Waals surface area contributed by atoms with E-state index < -0.39 is 5.54 Å². The Morgan fingerprint density at radius 1 is 1.00 bits per heavy atom. The fourth-order valence-corrected chi connectivity index (χ4v) is 4.08. The van der Waals surface area contributed by atoms with Crippen molar-refractivity contribution in [1.82, 2.24) is 20.4 Å². The Kier molecular flexibility index (Phi) is 5.53. The van der Waals surface area contributed by atoms with E-state index in [2.05, 4.69) is 40.0 Å². The van der Waals surface area contributed by atoms with Gasteiger partial charge in [-0.15, -0.1) is 0 Å². The molecule has 2 heterocycles. The van der Waals surface area contributed by atoms with Gasteiger partial charge in [0, 0.05) is 24.9 Å². The summed E-state index contributed by atoms with van der Waals surface area (Å²) in [4.78, 5) is 13.4. The van der Waals surface area contributed by atoms with E-state index in [-0.39, 0.29) is 11.8 Å². The van der Waals surface area contributed by atoms with Gasteiger partial charge in [0.25, 0.3) is 0 Å². The summed E-state index contributed by atoms with van der Waals surface area (Å²) >= 11 is 0. The second-order valence-corrected chi connectivity index (χ2v) is 7.32. The molecule has 0 spiro atoms. The van der Waals surface area contributed by atoms with Crippen molar-refractivity contribution in [1.29, 1.82) is 0 Å². The maximum atomic E-state index is 13.4. The predicted octanol–water partition coefficient (Wildman–Crippen LogP) is 2.91. The Morgan fingerprint density at radius 2 is 1.61 bits per heavy atom. The van der Waals surface area contributed by atoms with Crippen LogP contribution in [0.2, 0.25) is 0 Å². The van der Waals surface area contributed by atoms with E-state index in [9.17, 15) is 4.79 Å². The summed E-state index contributed by atoms with van der Waals surface area (Å²) in [6.07, 6.45) is 5.12. The van der Waals surface area contributed by atoms with Gasteiger partial charge in [-0.3, -0.25) is 9.48 Å². The monoisotopic (exact) mass is 374 g/mol. The highest BCUT2D eigenvalue weighted by atomic mass is 16.2. The Hall–Kier alpha value is -2.92. The lowest BCUT2D eigenvalue weighted by atomic mass is 9.86. The van der Waals surface area contributed by atoms with E-state index in [1.807, 2.05) is 53.3 Å². The third kappa shape index (κ3) is 3.71. The van der Waals surface area contributed by atoms with Crippen molar-refractivity contribution >= 4 is 5.91 Å². The number of rotatable bonds is 6. The average Bonchev–Trinajstić information content (AvgIpc) is 3.31. The Bertz CT molecular complexity index is 832. The van der Waals surface area contributed by atoms with Crippen LogP contribution in [0.3, 0.4) is 0 Å². The van der Waals surface area contributed by atoms with Crippen LogP contribution < -0.4 is 10.6 Å². The Labute approximate surface area is 165 Å². The lowest BCUT2D eigenvalue weighted by Gasteiger charge is -2.37. The highest BCUT2D eigenvalue weighted by Gasteiger charge is 2.42. The lowest BCUT2D eigenvalue weighted by molar-refractivity contribution is -0.132. The summed E-state index contributed by atoms with van der Waals surface area (Å²) in [7, 11) is 0. The molecular weight excluding hydrogens is 348 g/mol. The molecule has 1 fully saturated rings. The highest BCUT2D eigenvalue weighted by Crippen LogP contribution is 2.28. The quantitative estimate of drug-likeness (QED) is 0.697. The molecule has 0 radical (unpaired) electrons. The topological polar surface area (TPSA) is 59.0 Å². The van der Waals surface area contributed by atoms with Gasteiger partial charge in [0.05, 0.1) is 0 Å². The van der Waals surface area contributed by atoms with Crippen LogP contribution in [0.4, 0.5) is 0 Å². The van der Waals surface area contributed by atoms with Crippen LogP contribution in [-0.2, 0) is 10.3 Å². The molecule has 28 heavy (non-hydrogen) atoms. The van der Waals surface area contributed by atoms with E-state index >= 15 is 0 Å². The van der Waals surface area contributed by atoms with Crippen LogP contribution in [0, 0.1) is 0 Å². The third-order valence-electron chi connectivity index (χ3n) is 5.67. The van der Waals surface area contributed by atoms with Gasteiger partial charge in [-0.2, -0.15) is 5.10 Å². The molecule has 1 aromatic heterocycles. The number of amides is 1. The molecule has 2 aromatic carbocycles. The van der Waals surface area contributed by atoms with Gasteiger partial charge < -0.3 is 10.6 Å². The molecule has 3 aromatic rings. The molecule has 144 valence electrons. The summed E-state index contributed by atoms with van der Waals surface area (Å²) in [6, 6.07) is 22.6. The van der Waals surface area contributed by atoms with E-state index in [1.165, 1.54) is 11.1 Å². The minimum atomic E-state index is -0.618. The number of aromatic nitrogens is 2. The first-order valence-corrected chi connectivity index (χ1v) is 9.89. The largest absolute Gasteiger partial charge is 0.353 e. The predicted molar refractivity (Wildman–Crippen MR) is 110 cm³/mol. The summed E-state index contributed by atoms with van der Waals surface area (Å²) in [5, 5.41) is 11.0. The maximum Gasteiger partial charge on any atom is 0.248 e. The molecular formula is C23H26N4O. The maximum absolute atomic E-state index is 13.4. The minimum absolute atomic E-state index is 0.0505. The Balaban J connectivity index is 1.57. The minimum Gasteiger partial charge on any atom is -0.353 e. The van der Waals surface area contributed by atoms with Gasteiger partial charge in [0.15, 0.2) is 0 Å². The van der Waals surface area contributed by atoms with Crippen molar-refractivity contribution in [2.45, 2.75) is 24.3 Å². The summed E-state index contributed by atoms with van der Waals surface area (Å²) < 4.78 is 1.84. The number of benzene rings is 2. The van der Waals surface area contributed by atoms with Gasteiger partial charge in [0.2, 0.25) is 5.91 Å². The molecule has 4 rings (SSSR count). The SMILES string of the molecule is O=C(NCC(c1ccccc1)c1ccccc1)C1(n2cccn2)CCNCC1. The van der Waals surface area contributed by atoms with Crippen LogP contribution in [-0.4, -0.2) is 35.3 Å². The van der Waals surface area contributed by atoms with E-state index in [0.29, 0.717) is 6.54 Å². The zero-order chi connectivity index (χ0) is 19.2. The first kappa shape index (κ1) is 18.4. The fraction of sp³-hybridized carbons (Fsp3) is 0.304. The molecule has 1 amide bonds.